The molecule has 0 unspecified atom stereocenters. The molecule has 3 rings (SSSR count). The second kappa shape index (κ2) is 10.2. The lowest BCUT2D eigenvalue weighted by Gasteiger charge is -2.30. The van der Waals surface area contributed by atoms with E-state index in [1.54, 1.807) is 54.6 Å². The highest BCUT2D eigenvalue weighted by Gasteiger charge is 2.44. The highest BCUT2D eigenvalue weighted by atomic mass is 35.5. The molecule has 1 aliphatic rings. The summed E-state index contributed by atoms with van der Waals surface area (Å²) in [7, 11) is 1.19. The molecule has 0 aromatic heterocycles. The fourth-order valence-electron chi connectivity index (χ4n) is 3.23. The Labute approximate surface area is 188 Å². The van der Waals surface area contributed by atoms with Gasteiger partial charge in [0.1, 0.15) is 5.92 Å². The number of nitrogens with one attached hydrogen (secondary N) is 2. The Bertz CT molecular complexity index is 1080. The van der Waals surface area contributed by atoms with Crippen LogP contribution in [0.1, 0.15) is 11.5 Å². The maximum Gasteiger partial charge on any atom is 0.319 e. The quantitative estimate of drug-likeness (QED) is 0.510. The standard InChI is InChI=1S/C22H18ClN3O4S/c1-30-22(29)19-18(13-7-3-2-4-8-13)14(11-24)21(26-20(19)28)31-12-17(27)25-16-10-6-5-9-15(16)23/h2-10,18-19H,12H2,1H3,(H,25,27)(H,26,28)/t18-,19-/m1/s1. The molecule has 31 heavy (non-hydrogen) atoms. The summed E-state index contributed by atoms with van der Waals surface area (Å²) in [6, 6.07) is 17.7. The van der Waals surface area contributed by atoms with Crippen molar-refractivity contribution in [3.8, 4) is 6.07 Å². The van der Waals surface area contributed by atoms with Crippen molar-refractivity contribution in [1.82, 2.24) is 5.32 Å². The van der Waals surface area contributed by atoms with Crippen molar-refractivity contribution in [2.75, 3.05) is 18.2 Å². The van der Waals surface area contributed by atoms with E-state index in [0.29, 0.717) is 16.3 Å². The molecular formula is C22H18ClN3O4S. The molecule has 0 bridgehead atoms. The zero-order valence-electron chi connectivity index (χ0n) is 16.4. The molecule has 0 fully saturated rings. The Hall–Kier alpha value is -3.28. The first-order valence-electron chi connectivity index (χ1n) is 9.21. The molecular weight excluding hydrogens is 438 g/mol. The summed E-state index contributed by atoms with van der Waals surface area (Å²) in [6.45, 7) is 0. The zero-order valence-corrected chi connectivity index (χ0v) is 18.0. The molecule has 2 N–H and O–H groups in total. The summed E-state index contributed by atoms with van der Waals surface area (Å²) in [4.78, 5) is 37.4. The molecule has 2 aromatic carbocycles. The maximum absolute atomic E-state index is 12.7. The van der Waals surface area contributed by atoms with Gasteiger partial charge in [0, 0.05) is 5.92 Å². The van der Waals surface area contributed by atoms with E-state index in [1.165, 1.54) is 7.11 Å². The Kier molecular flexibility index (Phi) is 7.34. The third-order valence-electron chi connectivity index (χ3n) is 4.64. The minimum atomic E-state index is -1.21. The average molecular weight is 456 g/mol. The summed E-state index contributed by atoms with van der Waals surface area (Å²) in [5, 5.41) is 15.8. The molecule has 9 heteroatoms. The van der Waals surface area contributed by atoms with Crippen LogP contribution in [0.4, 0.5) is 5.69 Å². The summed E-state index contributed by atoms with van der Waals surface area (Å²) < 4.78 is 4.80. The van der Waals surface area contributed by atoms with Gasteiger partial charge in [-0.2, -0.15) is 5.26 Å². The number of rotatable bonds is 6. The van der Waals surface area contributed by atoms with Crippen LogP contribution in [-0.4, -0.2) is 30.6 Å². The van der Waals surface area contributed by atoms with Gasteiger partial charge >= 0.3 is 5.97 Å². The first kappa shape index (κ1) is 22.4. The summed E-state index contributed by atoms with van der Waals surface area (Å²) in [5.74, 6) is -3.78. The molecule has 158 valence electrons. The van der Waals surface area contributed by atoms with E-state index in [2.05, 4.69) is 16.7 Å². The Balaban J connectivity index is 1.87. The van der Waals surface area contributed by atoms with Gasteiger partial charge in [-0.3, -0.25) is 14.4 Å². The zero-order chi connectivity index (χ0) is 22.4. The van der Waals surface area contributed by atoms with Gasteiger partial charge in [-0.05, 0) is 17.7 Å². The van der Waals surface area contributed by atoms with Crippen LogP contribution in [0.15, 0.2) is 65.2 Å². The molecule has 0 radical (unpaired) electrons. The van der Waals surface area contributed by atoms with Gasteiger partial charge in [-0.1, -0.05) is 65.8 Å². The number of esters is 1. The van der Waals surface area contributed by atoms with E-state index in [4.69, 9.17) is 16.3 Å². The molecule has 1 heterocycles. The minimum absolute atomic E-state index is 0.0730. The van der Waals surface area contributed by atoms with E-state index >= 15 is 0 Å². The first-order chi connectivity index (χ1) is 15.0. The SMILES string of the molecule is COC(=O)[C@H]1C(=O)NC(SCC(=O)Nc2ccccc2Cl)=C(C#N)[C@H]1c1ccccc1. The predicted molar refractivity (Wildman–Crippen MR) is 118 cm³/mol. The van der Waals surface area contributed by atoms with Crippen LogP contribution in [0.3, 0.4) is 0 Å². The van der Waals surface area contributed by atoms with Crippen molar-refractivity contribution >= 4 is 46.8 Å². The number of halogens is 1. The second-order valence-electron chi connectivity index (χ2n) is 6.55. The minimum Gasteiger partial charge on any atom is -0.468 e. The number of amides is 2. The predicted octanol–water partition coefficient (Wildman–Crippen LogP) is 3.45. The molecule has 2 atom stereocenters. The van der Waals surface area contributed by atoms with Crippen LogP contribution in [0.25, 0.3) is 0 Å². The van der Waals surface area contributed by atoms with Gasteiger partial charge in [0.05, 0.1) is 40.2 Å². The van der Waals surface area contributed by atoms with Gasteiger partial charge in [0.15, 0.2) is 0 Å². The smallest absolute Gasteiger partial charge is 0.319 e. The van der Waals surface area contributed by atoms with E-state index < -0.39 is 23.7 Å². The third-order valence-corrected chi connectivity index (χ3v) is 5.98. The topological polar surface area (TPSA) is 108 Å². The van der Waals surface area contributed by atoms with E-state index in [0.717, 1.165) is 11.8 Å². The van der Waals surface area contributed by atoms with Crippen LogP contribution in [-0.2, 0) is 19.1 Å². The van der Waals surface area contributed by atoms with Gasteiger partial charge < -0.3 is 15.4 Å². The highest BCUT2D eigenvalue weighted by molar-refractivity contribution is 8.03. The molecule has 0 aliphatic carbocycles. The van der Waals surface area contributed by atoms with Crippen molar-refractivity contribution < 1.29 is 19.1 Å². The summed E-state index contributed by atoms with van der Waals surface area (Å²) in [5.41, 5.74) is 1.28. The number of nitrogens with zero attached hydrogens (tertiary/aromatic N) is 1. The van der Waals surface area contributed by atoms with Crippen LogP contribution < -0.4 is 10.6 Å². The number of benzene rings is 2. The molecule has 0 saturated heterocycles. The maximum atomic E-state index is 12.7. The number of hydrogen-bond donors (Lipinski definition) is 2. The summed E-state index contributed by atoms with van der Waals surface area (Å²) >= 11 is 7.06. The van der Waals surface area contributed by atoms with Crippen LogP contribution >= 0.6 is 23.4 Å². The fraction of sp³-hybridized carbons (Fsp3) is 0.182. The van der Waals surface area contributed by atoms with Gasteiger partial charge in [0.2, 0.25) is 11.8 Å². The number of anilines is 1. The lowest BCUT2D eigenvalue weighted by Crippen LogP contribution is -2.44. The number of para-hydroxylation sites is 1. The third kappa shape index (κ3) is 5.08. The Morgan fingerprint density at radius 1 is 1.19 bits per heavy atom. The molecule has 0 saturated carbocycles. The van der Waals surface area contributed by atoms with Crippen molar-refractivity contribution in [1.29, 1.82) is 5.26 Å². The lowest BCUT2D eigenvalue weighted by molar-refractivity contribution is -0.150. The number of thioether (sulfide) groups is 1. The highest BCUT2D eigenvalue weighted by Crippen LogP contribution is 2.40. The normalized spacial score (nSPS) is 18.0. The van der Waals surface area contributed by atoms with Crippen molar-refractivity contribution in [2.45, 2.75) is 5.92 Å². The van der Waals surface area contributed by atoms with E-state index in [-0.39, 0.29) is 22.3 Å². The number of allylic oxidation sites excluding steroid dienone is 1. The largest absolute Gasteiger partial charge is 0.468 e. The Morgan fingerprint density at radius 2 is 1.87 bits per heavy atom. The fourth-order valence-corrected chi connectivity index (χ4v) is 4.26. The summed E-state index contributed by atoms with van der Waals surface area (Å²) in [6.07, 6.45) is 0. The lowest BCUT2D eigenvalue weighted by atomic mass is 9.78. The van der Waals surface area contributed by atoms with E-state index in [9.17, 15) is 19.6 Å². The van der Waals surface area contributed by atoms with Crippen molar-refractivity contribution in [3.05, 3.63) is 75.8 Å². The van der Waals surface area contributed by atoms with Gasteiger partial charge in [0.25, 0.3) is 0 Å². The molecule has 0 spiro atoms. The average Bonchev–Trinajstić information content (AvgIpc) is 2.78. The molecule has 1 aliphatic heterocycles. The molecule has 7 nitrogen and oxygen atoms in total. The number of nitriles is 1. The monoisotopic (exact) mass is 455 g/mol. The van der Waals surface area contributed by atoms with Gasteiger partial charge in [-0.15, -0.1) is 0 Å². The second-order valence-corrected chi connectivity index (χ2v) is 7.94. The van der Waals surface area contributed by atoms with E-state index in [1.807, 2.05) is 0 Å². The van der Waals surface area contributed by atoms with Gasteiger partial charge in [-0.25, -0.2) is 0 Å². The number of carbonyl (C=O) groups excluding carboxylic acids is 3. The van der Waals surface area contributed by atoms with Crippen molar-refractivity contribution in [3.63, 3.8) is 0 Å². The molecule has 2 aromatic rings. The number of hydrogen-bond acceptors (Lipinski definition) is 6. The van der Waals surface area contributed by atoms with Crippen molar-refractivity contribution in [2.24, 2.45) is 5.92 Å². The first-order valence-corrected chi connectivity index (χ1v) is 10.6. The Morgan fingerprint density at radius 3 is 2.52 bits per heavy atom. The van der Waals surface area contributed by atoms with Crippen LogP contribution in [0.5, 0.6) is 0 Å². The van der Waals surface area contributed by atoms with Crippen LogP contribution in [0.2, 0.25) is 5.02 Å². The number of carbonyl (C=O) groups is 3. The van der Waals surface area contributed by atoms with Crippen LogP contribution in [0, 0.1) is 17.2 Å². The number of methoxy groups -OCH3 is 1. The molecule has 2 amide bonds. The number of ether oxygens (including phenoxy) is 1.